The van der Waals surface area contributed by atoms with Crippen LogP contribution in [0.15, 0.2) is 17.5 Å². The summed E-state index contributed by atoms with van der Waals surface area (Å²) < 4.78 is 30.4. The summed E-state index contributed by atoms with van der Waals surface area (Å²) >= 11 is 1.28. The molecule has 1 aromatic heterocycles. The summed E-state index contributed by atoms with van der Waals surface area (Å²) in [7, 11) is -1.62. The van der Waals surface area contributed by atoms with Crippen LogP contribution in [0.2, 0.25) is 0 Å². The van der Waals surface area contributed by atoms with E-state index < -0.39 is 22.3 Å². The Morgan fingerprint density at radius 3 is 2.76 bits per heavy atom. The number of amides is 1. The zero-order valence-corrected chi connectivity index (χ0v) is 12.9. The number of aliphatic carboxylic acids is 1. The van der Waals surface area contributed by atoms with Gasteiger partial charge in [-0.15, -0.1) is 11.3 Å². The van der Waals surface area contributed by atoms with Crippen LogP contribution in [0.1, 0.15) is 10.4 Å². The lowest BCUT2D eigenvalue weighted by Crippen LogP contribution is -2.40. The molecule has 2 N–H and O–H groups in total. The lowest BCUT2D eigenvalue weighted by atomic mass is 10.3. The Bertz CT molecular complexity index is 649. The summed E-state index contributed by atoms with van der Waals surface area (Å²) in [6, 6.07) is 1.66. The molecule has 1 amide bonds. The van der Waals surface area contributed by atoms with E-state index in [1.54, 1.807) is 16.2 Å². The number of ether oxygens (including phenoxy) is 1. The smallest absolute Gasteiger partial charge is 0.421 e. The molecule has 116 valence electrons. The third-order valence-corrected chi connectivity index (χ3v) is 4.60. The predicted molar refractivity (Wildman–Crippen MR) is 76.9 cm³/mol. The van der Waals surface area contributed by atoms with Crippen molar-refractivity contribution in [3.63, 3.8) is 0 Å². The molecule has 10 heteroatoms. The number of carboxylic acid groups (broad SMARTS) is 1. The second-order valence-corrected chi connectivity index (χ2v) is 6.60. The molecule has 0 unspecified atom stereocenters. The van der Waals surface area contributed by atoms with Gasteiger partial charge in [-0.1, -0.05) is 0 Å². The molecule has 1 heterocycles. The first-order valence-electron chi connectivity index (χ1n) is 5.55. The van der Waals surface area contributed by atoms with Crippen molar-refractivity contribution in [2.45, 2.75) is 6.54 Å². The molecule has 1 aromatic rings. The predicted octanol–water partition coefficient (Wildman–Crippen LogP) is 0.879. The maximum absolute atomic E-state index is 11.8. The quantitative estimate of drug-likeness (QED) is 0.747. The number of carbonyl (C=O) groups is 2. The molecule has 0 aliphatic carbocycles. The number of hydrogen-bond donors (Lipinski definition) is 2. The summed E-state index contributed by atoms with van der Waals surface area (Å²) in [6.45, 7) is 0.0315. The van der Waals surface area contributed by atoms with Gasteiger partial charge in [0.2, 0.25) is 0 Å². The van der Waals surface area contributed by atoms with E-state index >= 15 is 0 Å². The van der Waals surface area contributed by atoms with Crippen molar-refractivity contribution in [2.24, 2.45) is 0 Å². The number of carboxylic acids is 1. The molecule has 0 radical (unpaired) electrons. The van der Waals surface area contributed by atoms with Crippen LogP contribution >= 0.6 is 11.3 Å². The highest BCUT2D eigenvalue weighted by atomic mass is 32.2. The molecule has 0 saturated heterocycles. The fourth-order valence-corrected chi connectivity index (χ4v) is 2.85. The van der Waals surface area contributed by atoms with E-state index in [0.29, 0.717) is 10.4 Å². The van der Waals surface area contributed by atoms with Crippen molar-refractivity contribution in [2.75, 3.05) is 14.2 Å². The van der Waals surface area contributed by atoms with Crippen molar-refractivity contribution in [1.29, 1.82) is 0 Å². The van der Waals surface area contributed by atoms with E-state index in [1.807, 2.05) is 0 Å². The van der Waals surface area contributed by atoms with Crippen LogP contribution in [0.4, 0.5) is 4.79 Å². The van der Waals surface area contributed by atoms with E-state index in [9.17, 15) is 18.0 Å². The highest BCUT2D eigenvalue weighted by Crippen LogP contribution is 2.18. The summed E-state index contributed by atoms with van der Waals surface area (Å²) in [5.41, 5.74) is 0.669. The number of rotatable bonds is 6. The number of carbonyl (C=O) groups excluding carboxylic acids is 1. The van der Waals surface area contributed by atoms with Gasteiger partial charge in [-0.2, -0.15) is 12.7 Å². The lowest BCUT2D eigenvalue weighted by Gasteiger charge is -2.16. The fraction of sp³-hybridized carbons (Fsp3) is 0.273. The van der Waals surface area contributed by atoms with Gasteiger partial charge in [0.15, 0.2) is 0 Å². The standard InChI is InChI=1S/C11H14N2O6S2/c1-13(21(17,18)12-11(16)19-2)6-8-5-9(20-7-8)3-4-10(14)15/h3-5,7H,6H2,1-2H3,(H,12,16)(H,14,15)/b4-3+. The number of nitrogens with zero attached hydrogens (tertiary/aromatic N) is 1. The summed E-state index contributed by atoms with van der Waals surface area (Å²) in [4.78, 5) is 22.0. The maximum atomic E-state index is 11.8. The van der Waals surface area contributed by atoms with Gasteiger partial charge >= 0.3 is 22.3 Å². The van der Waals surface area contributed by atoms with Gasteiger partial charge in [0.05, 0.1) is 7.11 Å². The zero-order chi connectivity index (χ0) is 16.0. The van der Waals surface area contributed by atoms with Crippen molar-refractivity contribution >= 4 is 39.7 Å². The summed E-state index contributed by atoms with van der Waals surface area (Å²) in [5.74, 6) is -1.06. The van der Waals surface area contributed by atoms with Crippen LogP contribution in [0, 0.1) is 0 Å². The third kappa shape index (κ3) is 5.53. The van der Waals surface area contributed by atoms with Gasteiger partial charge in [-0.3, -0.25) is 0 Å². The molecule has 21 heavy (non-hydrogen) atoms. The zero-order valence-electron chi connectivity index (χ0n) is 11.3. The number of nitrogens with one attached hydrogen (secondary N) is 1. The fourth-order valence-electron chi connectivity index (χ4n) is 1.29. The van der Waals surface area contributed by atoms with Gasteiger partial charge in [0.1, 0.15) is 0 Å². The van der Waals surface area contributed by atoms with Gasteiger partial charge < -0.3 is 9.84 Å². The Hall–Kier alpha value is -1.91. The Kier molecular flexibility index (Phi) is 5.88. The molecule has 0 aromatic carbocycles. The minimum atomic E-state index is -3.98. The normalized spacial score (nSPS) is 11.8. The van der Waals surface area contributed by atoms with Gasteiger partial charge in [-0.25, -0.2) is 14.3 Å². The van der Waals surface area contributed by atoms with E-state index in [4.69, 9.17) is 5.11 Å². The van der Waals surface area contributed by atoms with Crippen LogP contribution in [0.25, 0.3) is 6.08 Å². The van der Waals surface area contributed by atoms with Crippen molar-refractivity contribution in [3.8, 4) is 0 Å². The third-order valence-electron chi connectivity index (χ3n) is 2.28. The minimum Gasteiger partial charge on any atom is -0.478 e. The Morgan fingerprint density at radius 2 is 2.19 bits per heavy atom. The highest BCUT2D eigenvalue weighted by Gasteiger charge is 2.21. The number of thiophene rings is 1. The van der Waals surface area contributed by atoms with Crippen molar-refractivity contribution in [3.05, 3.63) is 28.0 Å². The average Bonchev–Trinajstić information content (AvgIpc) is 2.83. The molecule has 0 aliphatic rings. The van der Waals surface area contributed by atoms with Crippen LogP contribution in [0.5, 0.6) is 0 Å². The molecule has 0 spiro atoms. The molecule has 1 rings (SSSR count). The molecule has 0 bridgehead atoms. The molecule has 0 aliphatic heterocycles. The number of hydrogen-bond acceptors (Lipinski definition) is 6. The van der Waals surface area contributed by atoms with Gasteiger partial charge in [-0.05, 0) is 23.1 Å². The summed E-state index contributed by atoms with van der Waals surface area (Å²) in [5, 5.41) is 10.2. The second-order valence-electron chi connectivity index (χ2n) is 3.88. The van der Waals surface area contributed by atoms with E-state index in [2.05, 4.69) is 4.74 Å². The van der Waals surface area contributed by atoms with Crippen molar-refractivity contribution < 1.29 is 27.9 Å². The van der Waals surface area contributed by atoms with Gasteiger partial charge in [0, 0.05) is 24.5 Å². The topological polar surface area (TPSA) is 113 Å². The second kappa shape index (κ2) is 7.20. The Morgan fingerprint density at radius 1 is 1.52 bits per heavy atom. The van der Waals surface area contributed by atoms with E-state index in [0.717, 1.165) is 17.5 Å². The molecule has 0 fully saturated rings. The Labute approximate surface area is 125 Å². The SMILES string of the molecule is COC(=O)NS(=O)(=O)N(C)Cc1csc(/C=C/C(=O)O)c1. The number of methoxy groups -OCH3 is 1. The first-order valence-corrected chi connectivity index (χ1v) is 7.87. The monoisotopic (exact) mass is 334 g/mol. The molecule has 8 nitrogen and oxygen atoms in total. The maximum Gasteiger partial charge on any atom is 0.421 e. The summed E-state index contributed by atoms with van der Waals surface area (Å²) in [6.07, 6.45) is 1.34. The van der Waals surface area contributed by atoms with Crippen LogP contribution < -0.4 is 4.72 Å². The molecular weight excluding hydrogens is 320 g/mol. The highest BCUT2D eigenvalue weighted by molar-refractivity contribution is 7.87. The Balaban J connectivity index is 2.73. The van der Waals surface area contributed by atoms with Crippen LogP contribution in [0.3, 0.4) is 0 Å². The average molecular weight is 334 g/mol. The first-order chi connectivity index (χ1) is 9.74. The van der Waals surface area contributed by atoms with E-state index in [1.165, 1.54) is 24.5 Å². The molecular formula is C11H14N2O6S2. The lowest BCUT2D eigenvalue weighted by molar-refractivity contribution is -0.131. The first kappa shape index (κ1) is 17.1. The molecule has 0 saturated carbocycles. The van der Waals surface area contributed by atoms with E-state index in [-0.39, 0.29) is 6.54 Å². The van der Waals surface area contributed by atoms with Crippen LogP contribution in [-0.4, -0.2) is 44.0 Å². The minimum absolute atomic E-state index is 0.0315. The van der Waals surface area contributed by atoms with Crippen LogP contribution in [-0.2, 0) is 26.3 Å². The van der Waals surface area contributed by atoms with Gasteiger partial charge in [0.25, 0.3) is 0 Å². The largest absolute Gasteiger partial charge is 0.478 e. The van der Waals surface area contributed by atoms with Crippen molar-refractivity contribution in [1.82, 2.24) is 9.03 Å². The molecule has 0 atom stereocenters.